The first-order valence-corrected chi connectivity index (χ1v) is 6.67. The van der Waals surface area contributed by atoms with E-state index in [-0.39, 0.29) is 18.0 Å². The highest BCUT2D eigenvalue weighted by molar-refractivity contribution is 6.03. The van der Waals surface area contributed by atoms with E-state index in [4.69, 9.17) is 0 Å². The summed E-state index contributed by atoms with van der Waals surface area (Å²) in [5.41, 5.74) is 2.98. The zero-order valence-corrected chi connectivity index (χ0v) is 12.1. The van der Waals surface area contributed by atoms with E-state index in [1.807, 2.05) is 13.0 Å². The number of anilines is 2. The van der Waals surface area contributed by atoms with Crippen molar-refractivity contribution in [3.05, 3.63) is 35.7 Å². The zero-order valence-electron chi connectivity index (χ0n) is 12.1. The molecule has 0 unspecified atom stereocenters. The molecule has 112 valence electrons. The zero-order chi connectivity index (χ0) is 15.9. The summed E-state index contributed by atoms with van der Waals surface area (Å²) in [5.74, 6) is -0.702. The predicted molar refractivity (Wildman–Crippen MR) is 81.1 cm³/mol. The molecule has 0 spiro atoms. The van der Waals surface area contributed by atoms with E-state index >= 15 is 0 Å². The molecule has 0 saturated carbocycles. The van der Waals surface area contributed by atoms with Crippen molar-refractivity contribution >= 4 is 23.4 Å². The summed E-state index contributed by atoms with van der Waals surface area (Å²) in [7, 11) is 1.78. The fourth-order valence-electron chi connectivity index (χ4n) is 2.55. The number of hydrogen-bond acceptors (Lipinski definition) is 5. The van der Waals surface area contributed by atoms with Gasteiger partial charge in [-0.15, -0.1) is 0 Å². The maximum absolute atomic E-state index is 11.6. The Morgan fingerprint density at radius 1 is 1.32 bits per heavy atom. The lowest BCUT2D eigenvalue weighted by molar-refractivity contribution is -0.115. The number of hydrogen-bond donors (Lipinski definition) is 2. The van der Waals surface area contributed by atoms with E-state index in [2.05, 4.69) is 15.3 Å². The topological polar surface area (TPSA) is 95.4 Å². The van der Waals surface area contributed by atoms with Crippen molar-refractivity contribution in [1.82, 2.24) is 9.97 Å². The van der Waals surface area contributed by atoms with Crippen molar-refractivity contribution in [2.24, 2.45) is 0 Å². The number of aryl methyl sites for hydroxylation is 1. The van der Waals surface area contributed by atoms with E-state index in [1.54, 1.807) is 24.1 Å². The Hall–Kier alpha value is -2.96. The van der Waals surface area contributed by atoms with Crippen LogP contribution in [-0.4, -0.2) is 40.5 Å². The number of carbonyl (C=O) groups excluding carboxylic acids is 1. The highest BCUT2D eigenvalue weighted by Gasteiger charge is 2.25. The Kier molecular flexibility index (Phi) is 3.25. The molecular weight excluding hydrogens is 284 g/mol. The Morgan fingerprint density at radius 3 is 2.82 bits per heavy atom. The maximum atomic E-state index is 11.6. The molecule has 1 aromatic heterocycles. The number of carboxylic acids is 1. The van der Waals surface area contributed by atoms with E-state index in [9.17, 15) is 14.7 Å². The minimum atomic E-state index is -0.991. The fourth-order valence-corrected chi connectivity index (χ4v) is 2.55. The van der Waals surface area contributed by atoms with E-state index in [0.29, 0.717) is 22.8 Å². The molecular formula is C15H14N4O3. The third kappa shape index (κ3) is 2.37. The van der Waals surface area contributed by atoms with Gasteiger partial charge in [0.25, 0.3) is 0 Å². The number of likely N-dealkylation sites (N-methyl/N-ethyl adjacent to an activating group) is 1. The lowest BCUT2D eigenvalue weighted by atomic mass is 10.0. The lowest BCUT2D eigenvalue weighted by Crippen LogP contribution is -2.36. The largest absolute Gasteiger partial charge is 0.478 e. The van der Waals surface area contributed by atoms with Crippen LogP contribution >= 0.6 is 0 Å². The monoisotopic (exact) mass is 298 g/mol. The average molecular weight is 298 g/mol. The van der Waals surface area contributed by atoms with Gasteiger partial charge in [0.15, 0.2) is 5.82 Å². The van der Waals surface area contributed by atoms with Crippen LogP contribution in [0.1, 0.15) is 15.9 Å². The van der Waals surface area contributed by atoms with Gasteiger partial charge in [-0.2, -0.15) is 0 Å². The summed E-state index contributed by atoms with van der Waals surface area (Å²) in [6.45, 7) is 2.03. The molecule has 0 aliphatic carbocycles. The summed E-state index contributed by atoms with van der Waals surface area (Å²) in [6, 6.07) is 5.03. The number of nitrogens with one attached hydrogen (secondary N) is 1. The number of rotatable bonds is 2. The van der Waals surface area contributed by atoms with Gasteiger partial charge in [-0.25, -0.2) is 14.8 Å². The van der Waals surface area contributed by atoms with Crippen LogP contribution < -0.4 is 10.2 Å². The van der Waals surface area contributed by atoms with Crippen molar-refractivity contribution < 1.29 is 14.7 Å². The summed E-state index contributed by atoms with van der Waals surface area (Å²) >= 11 is 0. The van der Waals surface area contributed by atoms with Crippen LogP contribution in [0.5, 0.6) is 0 Å². The molecule has 1 amide bonds. The van der Waals surface area contributed by atoms with Gasteiger partial charge in [-0.1, -0.05) is 0 Å². The second-order valence-corrected chi connectivity index (χ2v) is 5.22. The summed E-state index contributed by atoms with van der Waals surface area (Å²) in [6.07, 6.45) is 1.36. The molecule has 0 fully saturated rings. The minimum Gasteiger partial charge on any atom is -0.478 e. The van der Waals surface area contributed by atoms with E-state index < -0.39 is 5.97 Å². The van der Waals surface area contributed by atoms with Gasteiger partial charge in [-0.05, 0) is 30.7 Å². The average Bonchev–Trinajstić information content (AvgIpc) is 2.45. The number of nitrogens with zero attached hydrogens (tertiary/aromatic N) is 3. The fraction of sp³-hybridized carbons (Fsp3) is 0.200. The second-order valence-electron chi connectivity index (χ2n) is 5.22. The molecule has 0 radical (unpaired) electrons. The molecule has 1 aliphatic heterocycles. The molecule has 1 aliphatic rings. The Balaban J connectivity index is 2.20. The quantitative estimate of drug-likeness (QED) is 0.873. The number of aromatic nitrogens is 2. The Bertz CT molecular complexity index is 788. The SMILES string of the molecule is Cc1cc(C(=O)O)cc(-c2ncnc3c2N(C)CC(=O)N3)c1. The number of carboxylic acid groups (broad SMARTS) is 1. The van der Waals surface area contributed by atoms with Crippen molar-refractivity contribution in [2.45, 2.75) is 6.92 Å². The number of fused-ring (bicyclic) bond motifs is 1. The second kappa shape index (κ2) is 5.10. The van der Waals surface area contributed by atoms with Gasteiger partial charge in [0.05, 0.1) is 17.8 Å². The van der Waals surface area contributed by atoms with Crippen LogP contribution in [0.25, 0.3) is 11.3 Å². The van der Waals surface area contributed by atoms with E-state index in [0.717, 1.165) is 5.56 Å². The van der Waals surface area contributed by atoms with Crippen LogP contribution in [-0.2, 0) is 4.79 Å². The number of carbonyl (C=O) groups is 2. The highest BCUT2D eigenvalue weighted by Crippen LogP contribution is 2.36. The first kappa shape index (κ1) is 14.0. The van der Waals surface area contributed by atoms with Crippen LogP contribution in [0.3, 0.4) is 0 Å². The van der Waals surface area contributed by atoms with Crippen LogP contribution in [0.15, 0.2) is 24.5 Å². The first-order valence-electron chi connectivity index (χ1n) is 6.67. The summed E-state index contributed by atoms with van der Waals surface area (Å²) in [4.78, 5) is 32.9. The predicted octanol–water partition coefficient (Wildman–Crippen LogP) is 1.54. The van der Waals surface area contributed by atoms with Gasteiger partial charge in [0, 0.05) is 12.6 Å². The van der Waals surface area contributed by atoms with Gasteiger partial charge in [-0.3, -0.25) is 4.79 Å². The first-order chi connectivity index (χ1) is 10.5. The van der Waals surface area contributed by atoms with Crippen molar-refractivity contribution in [1.29, 1.82) is 0 Å². The molecule has 7 nitrogen and oxygen atoms in total. The molecule has 0 bridgehead atoms. The van der Waals surface area contributed by atoms with Gasteiger partial charge < -0.3 is 15.3 Å². The third-order valence-corrected chi connectivity index (χ3v) is 3.44. The van der Waals surface area contributed by atoms with Crippen molar-refractivity contribution in [3.8, 4) is 11.3 Å². The van der Waals surface area contributed by atoms with Crippen LogP contribution in [0.2, 0.25) is 0 Å². The number of benzene rings is 1. The molecule has 0 saturated heterocycles. The normalized spacial score (nSPS) is 13.5. The van der Waals surface area contributed by atoms with Gasteiger partial charge >= 0.3 is 5.97 Å². The molecule has 22 heavy (non-hydrogen) atoms. The molecule has 2 N–H and O–H groups in total. The van der Waals surface area contributed by atoms with Crippen LogP contribution in [0, 0.1) is 6.92 Å². The lowest BCUT2D eigenvalue weighted by Gasteiger charge is -2.28. The number of amides is 1. The Labute approximate surface area is 126 Å². The Morgan fingerprint density at radius 2 is 2.09 bits per heavy atom. The number of aromatic carboxylic acids is 1. The maximum Gasteiger partial charge on any atom is 0.335 e. The van der Waals surface area contributed by atoms with Gasteiger partial charge in [0.2, 0.25) is 5.91 Å². The smallest absolute Gasteiger partial charge is 0.335 e. The molecule has 0 atom stereocenters. The summed E-state index contributed by atoms with van der Waals surface area (Å²) < 4.78 is 0. The van der Waals surface area contributed by atoms with Crippen LogP contribution in [0.4, 0.5) is 11.5 Å². The summed E-state index contributed by atoms with van der Waals surface area (Å²) in [5, 5.41) is 11.9. The molecule has 7 heteroatoms. The standard InChI is InChI=1S/C15H14N4O3/c1-8-3-9(5-10(4-8)15(21)22)12-13-14(17-7-16-12)18-11(20)6-19(13)2/h3-5,7H,6H2,1-2H3,(H,21,22)(H,16,17,18,20). The molecule has 1 aromatic carbocycles. The molecule has 2 aromatic rings. The highest BCUT2D eigenvalue weighted by atomic mass is 16.4. The van der Waals surface area contributed by atoms with Crippen molar-refractivity contribution in [3.63, 3.8) is 0 Å². The molecule has 3 rings (SSSR count). The minimum absolute atomic E-state index is 0.143. The van der Waals surface area contributed by atoms with E-state index in [1.165, 1.54) is 6.33 Å². The van der Waals surface area contributed by atoms with Crippen molar-refractivity contribution in [2.75, 3.05) is 23.8 Å². The molecule has 2 heterocycles. The van der Waals surface area contributed by atoms with Gasteiger partial charge in [0.1, 0.15) is 12.0 Å². The third-order valence-electron chi connectivity index (χ3n) is 3.44.